The number of nitrogen functional groups attached to an aromatic ring is 1. The number of aryl methyl sites for hydroxylation is 1. The Morgan fingerprint density at radius 2 is 1.12 bits per heavy atom. The maximum atomic E-state index is 6.06. The Labute approximate surface area is 232 Å². The molecule has 194 valence electrons. The molecule has 0 radical (unpaired) electrons. The van der Waals surface area contributed by atoms with Crippen LogP contribution in [-0.4, -0.2) is 9.13 Å². The minimum Gasteiger partial charge on any atom is -0.467 e. The molecule has 0 aliphatic rings. The minimum atomic E-state index is 0.666. The van der Waals surface area contributed by atoms with E-state index in [-0.39, 0.29) is 0 Å². The number of hydrogen-bond donors (Lipinski definition) is 1. The lowest BCUT2D eigenvalue weighted by Gasteiger charge is -2.11. The van der Waals surface area contributed by atoms with E-state index in [1.807, 2.05) is 12.1 Å². The highest BCUT2D eigenvalue weighted by molar-refractivity contribution is 6.10. The van der Waals surface area contributed by atoms with Gasteiger partial charge in [-0.1, -0.05) is 91.0 Å². The van der Waals surface area contributed by atoms with Gasteiger partial charge in [0, 0.05) is 51.7 Å². The van der Waals surface area contributed by atoms with Crippen molar-refractivity contribution < 1.29 is 4.42 Å². The summed E-state index contributed by atoms with van der Waals surface area (Å²) in [5.74, 6) is 0.808. The molecule has 40 heavy (non-hydrogen) atoms. The second kappa shape index (κ2) is 9.83. The zero-order valence-corrected chi connectivity index (χ0v) is 22.3. The highest BCUT2D eigenvalue weighted by Crippen LogP contribution is 2.35. The summed E-state index contributed by atoms with van der Waals surface area (Å²) >= 11 is 0. The van der Waals surface area contributed by atoms with Gasteiger partial charge in [-0.15, -0.1) is 0 Å². The van der Waals surface area contributed by atoms with E-state index in [1.54, 1.807) is 6.26 Å². The van der Waals surface area contributed by atoms with E-state index in [2.05, 4.69) is 131 Å². The molecule has 3 heterocycles. The number of hydrogen-bond acceptors (Lipinski definition) is 2. The van der Waals surface area contributed by atoms with Crippen LogP contribution < -0.4 is 5.73 Å². The number of benzene rings is 5. The fourth-order valence-corrected chi connectivity index (χ4v) is 5.86. The molecule has 5 aromatic carbocycles. The minimum absolute atomic E-state index is 0.666. The number of nitrogens with two attached hydrogens (primary N) is 1. The Morgan fingerprint density at radius 1 is 0.575 bits per heavy atom. The van der Waals surface area contributed by atoms with Crippen LogP contribution in [0.15, 0.2) is 138 Å². The van der Waals surface area contributed by atoms with Gasteiger partial charge in [0.15, 0.2) is 0 Å². The molecule has 4 nitrogen and oxygen atoms in total. The number of fused-ring (bicyclic) bond motifs is 6. The van der Waals surface area contributed by atoms with Crippen LogP contribution in [0.5, 0.6) is 0 Å². The first-order chi connectivity index (χ1) is 19.7. The normalized spacial score (nSPS) is 11.3. The molecule has 2 N–H and O–H groups in total. The van der Waals surface area contributed by atoms with E-state index in [0.29, 0.717) is 12.1 Å². The topological polar surface area (TPSA) is 49.0 Å². The van der Waals surface area contributed by atoms with Gasteiger partial charge >= 0.3 is 0 Å². The average molecular weight is 520 g/mol. The summed E-state index contributed by atoms with van der Waals surface area (Å²) in [5.41, 5.74) is 14.1. The van der Waals surface area contributed by atoms with Gasteiger partial charge in [0.25, 0.3) is 0 Å². The number of furan rings is 1. The molecule has 0 spiro atoms. The Hall–Kier alpha value is -5.22. The van der Waals surface area contributed by atoms with Crippen molar-refractivity contribution in [2.45, 2.75) is 6.42 Å². The summed E-state index contributed by atoms with van der Waals surface area (Å²) in [6.45, 7) is 0. The van der Waals surface area contributed by atoms with Crippen molar-refractivity contribution >= 4 is 49.3 Å². The maximum Gasteiger partial charge on any atom is 0.131 e. The van der Waals surface area contributed by atoms with Crippen molar-refractivity contribution in [3.63, 3.8) is 0 Å². The summed E-state index contributed by atoms with van der Waals surface area (Å²) in [6.07, 6.45) is 2.32. The lowest BCUT2D eigenvalue weighted by atomic mass is 10.0. The van der Waals surface area contributed by atoms with Crippen LogP contribution in [0.25, 0.3) is 49.3 Å². The summed E-state index contributed by atoms with van der Waals surface area (Å²) < 4.78 is 10.2. The van der Waals surface area contributed by atoms with Crippen LogP contribution in [0, 0.1) is 0 Å². The number of para-hydroxylation sites is 5. The van der Waals surface area contributed by atoms with Gasteiger partial charge in [-0.05, 0) is 42.0 Å². The largest absolute Gasteiger partial charge is 0.467 e. The fraction of sp³-hybridized carbons (Fsp3) is 0.0556. The molecule has 8 rings (SSSR count). The zero-order chi connectivity index (χ0) is 27.1. The van der Waals surface area contributed by atoms with E-state index in [0.717, 1.165) is 11.4 Å². The van der Waals surface area contributed by atoms with Crippen LogP contribution >= 0.6 is 0 Å². The van der Waals surface area contributed by atoms with Gasteiger partial charge in [-0.2, -0.15) is 0 Å². The lowest BCUT2D eigenvalue weighted by Crippen LogP contribution is -1.98. The van der Waals surface area contributed by atoms with Gasteiger partial charge in [0.05, 0.1) is 23.0 Å². The van der Waals surface area contributed by atoms with Crippen LogP contribution in [0.2, 0.25) is 0 Å². The van der Waals surface area contributed by atoms with Crippen molar-refractivity contribution in [3.8, 4) is 5.69 Å². The highest BCUT2D eigenvalue weighted by Gasteiger charge is 2.16. The third-order valence-corrected chi connectivity index (χ3v) is 7.74. The number of nitrogens with zero attached hydrogens (tertiary/aromatic N) is 2. The van der Waals surface area contributed by atoms with Crippen molar-refractivity contribution in [1.82, 2.24) is 9.13 Å². The Bertz CT molecular complexity index is 2060. The monoisotopic (exact) mass is 519 g/mol. The molecule has 0 saturated carbocycles. The van der Waals surface area contributed by atoms with Gasteiger partial charge in [-0.25, -0.2) is 0 Å². The molecule has 0 fully saturated rings. The first-order valence-electron chi connectivity index (χ1n) is 13.5. The summed E-state index contributed by atoms with van der Waals surface area (Å²) in [5, 5.41) is 5.17. The predicted molar refractivity (Wildman–Crippen MR) is 167 cm³/mol. The maximum absolute atomic E-state index is 6.06. The molecule has 0 amide bonds. The zero-order valence-electron chi connectivity index (χ0n) is 22.3. The van der Waals surface area contributed by atoms with Gasteiger partial charge in [0.1, 0.15) is 5.76 Å². The van der Waals surface area contributed by atoms with Crippen molar-refractivity contribution in [2.24, 2.45) is 7.05 Å². The van der Waals surface area contributed by atoms with Crippen LogP contribution in [-0.2, 0) is 13.5 Å². The first-order valence-corrected chi connectivity index (χ1v) is 13.5. The average Bonchev–Trinajstić information content (AvgIpc) is 3.67. The van der Waals surface area contributed by atoms with E-state index in [9.17, 15) is 0 Å². The Balaban J connectivity index is 0.000000159. The van der Waals surface area contributed by atoms with E-state index < -0.39 is 0 Å². The second-order valence-electron chi connectivity index (χ2n) is 10.1. The summed E-state index contributed by atoms with van der Waals surface area (Å²) in [6, 6.07) is 44.3. The van der Waals surface area contributed by atoms with Crippen molar-refractivity contribution in [1.29, 1.82) is 0 Å². The van der Waals surface area contributed by atoms with E-state index >= 15 is 0 Å². The molecule has 0 saturated heterocycles. The molecule has 4 heteroatoms. The molecular formula is C36H29N3O. The number of anilines is 1. The Morgan fingerprint density at radius 3 is 1.75 bits per heavy atom. The van der Waals surface area contributed by atoms with Crippen LogP contribution in [0.1, 0.15) is 11.3 Å². The van der Waals surface area contributed by atoms with Gasteiger partial charge in [0.2, 0.25) is 0 Å². The Kier molecular flexibility index (Phi) is 5.86. The molecule has 3 aromatic heterocycles. The first kappa shape index (κ1) is 23.9. The van der Waals surface area contributed by atoms with E-state index in [4.69, 9.17) is 10.2 Å². The molecule has 0 aliphatic heterocycles. The SMILES string of the molecule is Cn1c2ccccc2c2ccccc21.Nc1ccoc1Cc1cccc2c3ccccc3n(-c3ccccc3)c12. The van der Waals surface area contributed by atoms with Crippen molar-refractivity contribution in [3.05, 3.63) is 145 Å². The second-order valence-corrected chi connectivity index (χ2v) is 10.1. The number of rotatable bonds is 3. The smallest absolute Gasteiger partial charge is 0.131 e. The van der Waals surface area contributed by atoms with Crippen molar-refractivity contribution in [2.75, 3.05) is 5.73 Å². The quantitative estimate of drug-likeness (QED) is 0.253. The lowest BCUT2D eigenvalue weighted by molar-refractivity contribution is 0.522. The fourth-order valence-electron chi connectivity index (χ4n) is 5.86. The summed E-state index contributed by atoms with van der Waals surface area (Å²) in [7, 11) is 2.12. The molecule has 8 aromatic rings. The van der Waals surface area contributed by atoms with E-state index in [1.165, 1.54) is 49.2 Å². The summed E-state index contributed by atoms with van der Waals surface area (Å²) in [4.78, 5) is 0. The van der Waals surface area contributed by atoms with Gasteiger partial charge in [-0.3, -0.25) is 0 Å². The molecule has 0 atom stereocenters. The van der Waals surface area contributed by atoms with Crippen LogP contribution in [0.3, 0.4) is 0 Å². The number of aromatic nitrogens is 2. The molecule has 0 unspecified atom stereocenters. The van der Waals surface area contributed by atoms with Gasteiger partial charge < -0.3 is 19.3 Å². The third-order valence-electron chi connectivity index (χ3n) is 7.74. The third kappa shape index (κ3) is 3.93. The standard InChI is InChI=1S/C23H18N2O.C13H11N/c24-20-13-14-26-22(20)15-16-7-6-11-19-18-10-4-5-12-21(18)25(23(16)19)17-8-2-1-3-9-17;1-14-12-8-4-2-6-10(12)11-7-3-5-9-13(11)14/h1-14H,15,24H2;2-9H,1H3. The molecule has 0 aliphatic carbocycles. The van der Waals surface area contributed by atoms with Crippen LogP contribution in [0.4, 0.5) is 5.69 Å². The molecule has 0 bridgehead atoms. The highest BCUT2D eigenvalue weighted by atomic mass is 16.3. The molecular weight excluding hydrogens is 490 g/mol. The predicted octanol–water partition coefficient (Wildman–Crippen LogP) is 8.88.